The van der Waals surface area contributed by atoms with E-state index in [0.29, 0.717) is 31.7 Å². The molecule has 0 saturated carbocycles. The third kappa shape index (κ3) is 6.31. The Hall–Kier alpha value is -3.35. The van der Waals surface area contributed by atoms with E-state index in [1.54, 1.807) is 17.0 Å². The smallest absolute Gasteiger partial charge is 0.254 e. The summed E-state index contributed by atoms with van der Waals surface area (Å²) in [5.74, 6) is 0.526. The van der Waals surface area contributed by atoms with Gasteiger partial charge in [-0.05, 0) is 42.2 Å². The number of aryl methyl sites for hydroxylation is 1. The molecular formula is C24H31N5O2. The highest BCUT2D eigenvalue weighted by molar-refractivity contribution is 5.97. The SMILES string of the molecule is CCNC(=NCc1ccc(C(=O)N2CCNC(=O)C2)cc1)NCc1ccccc1CC. The first-order valence-electron chi connectivity index (χ1n) is 10.8. The van der Waals surface area contributed by atoms with Crippen LogP contribution in [0.15, 0.2) is 53.5 Å². The summed E-state index contributed by atoms with van der Waals surface area (Å²) in [6, 6.07) is 15.8. The Morgan fingerprint density at radius 2 is 1.81 bits per heavy atom. The van der Waals surface area contributed by atoms with Gasteiger partial charge in [0.15, 0.2) is 5.96 Å². The number of carbonyl (C=O) groups excluding carboxylic acids is 2. The molecule has 7 nitrogen and oxygen atoms in total. The molecule has 31 heavy (non-hydrogen) atoms. The normalized spacial score (nSPS) is 14.2. The molecule has 0 unspecified atom stereocenters. The maximum absolute atomic E-state index is 12.6. The molecule has 1 fully saturated rings. The number of carbonyl (C=O) groups is 2. The van der Waals surface area contributed by atoms with E-state index < -0.39 is 0 Å². The summed E-state index contributed by atoms with van der Waals surface area (Å²) in [4.78, 5) is 30.3. The Kier molecular flexibility index (Phi) is 8.04. The molecule has 2 aromatic carbocycles. The number of rotatable bonds is 7. The van der Waals surface area contributed by atoms with Gasteiger partial charge in [-0.2, -0.15) is 0 Å². The van der Waals surface area contributed by atoms with E-state index in [2.05, 4.69) is 52.1 Å². The van der Waals surface area contributed by atoms with Gasteiger partial charge in [0, 0.05) is 31.7 Å². The molecule has 2 aromatic rings. The molecule has 1 heterocycles. The van der Waals surface area contributed by atoms with Crippen LogP contribution in [0.25, 0.3) is 0 Å². The second-order valence-electron chi connectivity index (χ2n) is 7.44. The van der Waals surface area contributed by atoms with Crippen LogP contribution in [0.1, 0.15) is 40.9 Å². The van der Waals surface area contributed by atoms with Crippen LogP contribution >= 0.6 is 0 Å². The van der Waals surface area contributed by atoms with Crippen molar-refractivity contribution in [3.05, 3.63) is 70.8 Å². The highest BCUT2D eigenvalue weighted by Gasteiger charge is 2.22. The van der Waals surface area contributed by atoms with E-state index in [1.807, 2.05) is 19.1 Å². The average molecular weight is 422 g/mol. The van der Waals surface area contributed by atoms with Crippen molar-refractivity contribution in [3.63, 3.8) is 0 Å². The van der Waals surface area contributed by atoms with E-state index in [-0.39, 0.29) is 18.4 Å². The summed E-state index contributed by atoms with van der Waals surface area (Å²) in [6.45, 7) is 7.35. The van der Waals surface area contributed by atoms with Gasteiger partial charge in [-0.1, -0.05) is 43.3 Å². The van der Waals surface area contributed by atoms with Crippen LogP contribution in [0.3, 0.4) is 0 Å². The molecule has 0 radical (unpaired) electrons. The lowest BCUT2D eigenvalue weighted by molar-refractivity contribution is -0.123. The summed E-state index contributed by atoms with van der Waals surface area (Å²) in [5.41, 5.74) is 4.20. The fraction of sp³-hybridized carbons (Fsp3) is 0.375. The molecule has 1 aliphatic rings. The van der Waals surface area contributed by atoms with Crippen LogP contribution in [0.2, 0.25) is 0 Å². The zero-order valence-electron chi connectivity index (χ0n) is 18.3. The van der Waals surface area contributed by atoms with Crippen molar-refractivity contribution in [2.45, 2.75) is 33.4 Å². The van der Waals surface area contributed by atoms with E-state index in [1.165, 1.54) is 11.1 Å². The molecule has 0 aliphatic carbocycles. The molecule has 0 spiro atoms. The number of nitrogens with zero attached hydrogens (tertiary/aromatic N) is 2. The molecule has 1 saturated heterocycles. The van der Waals surface area contributed by atoms with E-state index in [9.17, 15) is 9.59 Å². The number of aliphatic imine (C=N–C) groups is 1. The Bertz CT molecular complexity index is 924. The first-order valence-corrected chi connectivity index (χ1v) is 10.8. The Morgan fingerprint density at radius 3 is 2.48 bits per heavy atom. The van der Waals surface area contributed by atoms with Crippen LogP contribution in [-0.4, -0.2) is 48.9 Å². The van der Waals surface area contributed by atoms with Crippen LogP contribution < -0.4 is 16.0 Å². The maximum atomic E-state index is 12.6. The summed E-state index contributed by atoms with van der Waals surface area (Å²) < 4.78 is 0. The molecule has 0 bridgehead atoms. The molecule has 3 rings (SSSR count). The van der Waals surface area contributed by atoms with Crippen LogP contribution in [0.5, 0.6) is 0 Å². The van der Waals surface area contributed by atoms with Crippen molar-refractivity contribution in [3.8, 4) is 0 Å². The van der Waals surface area contributed by atoms with Gasteiger partial charge in [0.1, 0.15) is 0 Å². The highest BCUT2D eigenvalue weighted by Crippen LogP contribution is 2.11. The molecule has 7 heteroatoms. The summed E-state index contributed by atoms with van der Waals surface area (Å²) >= 11 is 0. The van der Waals surface area contributed by atoms with Gasteiger partial charge in [-0.3, -0.25) is 9.59 Å². The Labute approximate surface area is 183 Å². The number of guanidine groups is 1. The Morgan fingerprint density at radius 1 is 1.06 bits per heavy atom. The fourth-order valence-corrected chi connectivity index (χ4v) is 3.51. The van der Waals surface area contributed by atoms with Crippen molar-refractivity contribution >= 4 is 17.8 Å². The number of hydrogen-bond donors (Lipinski definition) is 3. The lowest BCUT2D eigenvalue weighted by Crippen LogP contribution is -2.49. The quantitative estimate of drug-likeness (QED) is 0.472. The minimum absolute atomic E-state index is 0.115. The van der Waals surface area contributed by atoms with Gasteiger partial charge >= 0.3 is 0 Å². The highest BCUT2D eigenvalue weighted by atomic mass is 16.2. The maximum Gasteiger partial charge on any atom is 0.254 e. The van der Waals surface area contributed by atoms with E-state index in [0.717, 1.165) is 24.5 Å². The zero-order chi connectivity index (χ0) is 22.1. The summed E-state index contributed by atoms with van der Waals surface area (Å²) in [7, 11) is 0. The van der Waals surface area contributed by atoms with Crippen molar-refractivity contribution < 1.29 is 9.59 Å². The standard InChI is InChI=1S/C24H31N5O2/c1-3-19-7-5-6-8-21(19)16-28-24(25-4-2)27-15-18-9-11-20(12-10-18)23(31)29-14-13-26-22(30)17-29/h5-12H,3-4,13-17H2,1-2H3,(H,26,30)(H2,25,27,28). The first-order chi connectivity index (χ1) is 15.1. The van der Waals surface area contributed by atoms with Gasteiger partial charge in [0.25, 0.3) is 5.91 Å². The van der Waals surface area contributed by atoms with Gasteiger partial charge < -0.3 is 20.9 Å². The lowest BCUT2D eigenvalue weighted by Gasteiger charge is -2.26. The molecule has 2 amide bonds. The monoisotopic (exact) mass is 421 g/mol. The van der Waals surface area contributed by atoms with Gasteiger partial charge in [0.05, 0.1) is 13.1 Å². The number of amides is 2. The fourth-order valence-electron chi connectivity index (χ4n) is 3.51. The van der Waals surface area contributed by atoms with Crippen molar-refractivity contribution in [2.24, 2.45) is 4.99 Å². The topological polar surface area (TPSA) is 85.8 Å². The number of piperazine rings is 1. The molecule has 1 aliphatic heterocycles. The first kappa shape index (κ1) is 22.3. The van der Waals surface area contributed by atoms with Crippen molar-refractivity contribution in [1.82, 2.24) is 20.9 Å². The predicted molar refractivity (Wildman–Crippen MR) is 123 cm³/mol. The largest absolute Gasteiger partial charge is 0.357 e. The lowest BCUT2D eigenvalue weighted by atomic mass is 10.1. The number of hydrogen-bond acceptors (Lipinski definition) is 3. The number of benzene rings is 2. The van der Waals surface area contributed by atoms with Crippen LogP contribution in [0, 0.1) is 0 Å². The zero-order valence-corrected chi connectivity index (χ0v) is 18.3. The second-order valence-corrected chi connectivity index (χ2v) is 7.44. The summed E-state index contributed by atoms with van der Waals surface area (Å²) in [5, 5.41) is 9.41. The third-order valence-electron chi connectivity index (χ3n) is 5.24. The minimum Gasteiger partial charge on any atom is -0.357 e. The molecule has 164 valence electrons. The van der Waals surface area contributed by atoms with Gasteiger partial charge in [0.2, 0.25) is 5.91 Å². The average Bonchev–Trinajstić information content (AvgIpc) is 2.81. The Balaban J connectivity index is 1.60. The predicted octanol–water partition coefficient (Wildman–Crippen LogP) is 2.08. The van der Waals surface area contributed by atoms with Crippen LogP contribution in [-0.2, 0) is 24.3 Å². The van der Waals surface area contributed by atoms with Gasteiger partial charge in [-0.15, -0.1) is 0 Å². The minimum atomic E-state index is -0.116. The van der Waals surface area contributed by atoms with Crippen molar-refractivity contribution in [2.75, 3.05) is 26.2 Å². The molecule has 3 N–H and O–H groups in total. The molecule has 0 atom stereocenters. The summed E-state index contributed by atoms with van der Waals surface area (Å²) in [6.07, 6.45) is 0.999. The number of nitrogens with one attached hydrogen (secondary N) is 3. The molecular weight excluding hydrogens is 390 g/mol. The van der Waals surface area contributed by atoms with Gasteiger partial charge in [-0.25, -0.2) is 4.99 Å². The third-order valence-corrected chi connectivity index (χ3v) is 5.24. The second kappa shape index (κ2) is 11.2. The van der Waals surface area contributed by atoms with Crippen LogP contribution in [0.4, 0.5) is 0 Å². The van der Waals surface area contributed by atoms with E-state index in [4.69, 9.17) is 0 Å². The molecule has 0 aromatic heterocycles. The van der Waals surface area contributed by atoms with Crippen molar-refractivity contribution in [1.29, 1.82) is 0 Å². The van der Waals surface area contributed by atoms with E-state index >= 15 is 0 Å².